The minimum absolute atomic E-state index is 0.0133. The van der Waals surface area contributed by atoms with Crippen LogP contribution in [0.15, 0.2) is 24.3 Å². The van der Waals surface area contributed by atoms with Crippen LogP contribution in [0.3, 0.4) is 0 Å². The van der Waals surface area contributed by atoms with Gasteiger partial charge in [0.1, 0.15) is 0 Å². The SMILES string of the molecule is Cc1ccc(C(N)C2(C)CCCO2)cc1. The van der Waals surface area contributed by atoms with Crippen molar-refractivity contribution in [1.29, 1.82) is 0 Å². The van der Waals surface area contributed by atoms with Crippen LogP contribution in [0.1, 0.15) is 36.9 Å². The van der Waals surface area contributed by atoms with E-state index in [2.05, 4.69) is 38.1 Å². The van der Waals surface area contributed by atoms with Crippen LogP contribution in [0, 0.1) is 6.92 Å². The number of hydrogen-bond acceptors (Lipinski definition) is 2. The van der Waals surface area contributed by atoms with Crippen molar-refractivity contribution >= 4 is 0 Å². The number of benzene rings is 1. The molecule has 0 saturated carbocycles. The summed E-state index contributed by atoms with van der Waals surface area (Å²) in [6.45, 7) is 5.05. The molecule has 2 rings (SSSR count). The summed E-state index contributed by atoms with van der Waals surface area (Å²) in [5, 5.41) is 0. The van der Waals surface area contributed by atoms with Gasteiger partial charge in [-0.15, -0.1) is 0 Å². The van der Waals surface area contributed by atoms with Crippen LogP contribution in [0.4, 0.5) is 0 Å². The van der Waals surface area contributed by atoms with E-state index in [4.69, 9.17) is 10.5 Å². The number of aryl methyl sites for hydroxylation is 1. The van der Waals surface area contributed by atoms with Crippen molar-refractivity contribution in [3.8, 4) is 0 Å². The van der Waals surface area contributed by atoms with Crippen molar-refractivity contribution in [2.75, 3.05) is 6.61 Å². The molecule has 0 radical (unpaired) electrons. The first kappa shape index (κ1) is 10.7. The van der Waals surface area contributed by atoms with Gasteiger partial charge in [0.05, 0.1) is 11.6 Å². The molecule has 1 aromatic carbocycles. The molecule has 15 heavy (non-hydrogen) atoms. The molecule has 2 heteroatoms. The Kier molecular flexibility index (Phi) is 2.81. The van der Waals surface area contributed by atoms with Gasteiger partial charge in [-0.05, 0) is 32.3 Å². The second-order valence-corrected chi connectivity index (χ2v) is 4.65. The monoisotopic (exact) mass is 205 g/mol. The Morgan fingerprint density at radius 3 is 2.53 bits per heavy atom. The highest BCUT2D eigenvalue weighted by Gasteiger charge is 2.36. The maximum Gasteiger partial charge on any atom is 0.0847 e. The summed E-state index contributed by atoms with van der Waals surface area (Å²) in [6.07, 6.45) is 2.18. The third-order valence-electron chi connectivity index (χ3n) is 3.34. The zero-order valence-electron chi connectivity index (χ0n) is 9.49. The lowest BCUT2D eigenvalue weighted by Gasteiger charge is -2.30. The molecule has 2 unspecified atom stereocenters. The normalized spacial score (nSPS) is 27.9. The van der Waals surface area contributed by atoms with Gasteiger partial charge in [-0.2, -0.15) is 0 Å². The van der Waals surface area contributed by atoms with Gasteiger partial charge in [0.15, 0.2) is 0 Å². The Morgan fingerprint density at radius 1 is 1.33 bits per heavy atom. The molecule has 1 saturated heterocycles. The van der Waals surface area contributed by atoms with Crippen LogP contribution in [-0.4, -0.2) is 12.2 Å². The third-order valence-corrected chi connectivity index (χ3v) is 3.34. The molecule has 0 amide bonds. The molecule has 2 N–H and O–H groups in total. The summed E-state index contributed by atoms with van der Waals surface area (Å²) in [7, 11) is 0. The Morgan fingerprint density at radius 2 is 2.00 bits per heavy atom. The number of rotatable bonds is 2. The Bertz CT molecular complexity index is 325. The standard InChI is InChI=1S/C13H19NO/c1-10-4-6-11(7-5-10)12(14)13(2)8-3-9-15-13/h4-7,12H,3,8-9,14H2,1-2H3. The zero-order valence-corrected chi connectivity index (χ0v) is 9.49. The topological polar surface area (TPSA) is 35.2 Å². The van der Waals surface area contributed by atoms with Crippen LogP contribution < -0.4 is 5.73 Å². The molecule has 1 aliphatic rings. The van der Waals surface area contributed by atoms with E-state index in [1.54, 1.807) is 0 Å². The molecule has 1 aliphatic heterocycles. The highest BCUT2D eigenvalue weighted by molar-refractivity contribution is 5.26. The van der Waals surface area contributed by atoms with Crippen LogP contribution in [0.5, 0.6) is 0 Å². The maximum absolute atomic E-state index is 6.26. The minimum atomic E-state index is -0.171. The smallest absolute Gasteiger partial charge is 0.0847 e. The van der Waals surface area contributed by atoms with Crippen LogP contribution >= 0.6 is 0 Å². The van der Waals surface area contributed by atoms with E-state index in [1.807, 2.05) is 0 Å². The molecule has 1 fully saturated rings. The predicted octanol–water partition coefficient (Wildman–Crippen LogP) is 2.56. The number of hydrogen-bond donors (Lipinski definition) is 1. The molecule has 0 aromatic heterocycles. The van der Waals surface area contributed by atoms with Gasteiger partial charge in [0, 0.05) is 6.61 Å². The Labute approximate surface area is 91.4 Å². The zero-order chi connectivity index (χ0) is 10.9. The van der Waals surface area contributed by atoms with Gasteiger partial charge in [0.25, 0.3) is 0 Å². The first-order chi connectivity index (χ1) is 7.12. The summed E-state index contributed by atoms with van der Waals surface area (Å²) in [5.41, 5.74) is 8.53. The Hall–Kier alpha value is -0.860. The minimum Gasteiger partial charge on any atom is -0.373 e. The molecule has 0 bridgehead atoms. The van der Waals surface area contributed by atoms with Crippen LogP contribution in [0.2, 0.25) is 0 Å². The predicted molar refractivity (Wildman–Crippen MR) is 61.7 cm³/mol. The van der Waals surface area contributed by atoms with Crippen molar-refractivity contribution in [3.05, 3.63) is 35.4 Å². The second kappa shape index (κ2) is 3.95. The quantitative estimate of drug-likeness (QED) is 0.805. The first-order valence-electron chi connectivity index (χ1n) is 5.58. The highest BCUT2D eigenvalue weighted by Crippen LogP contribution is 2.35. The Balaban J connectivity index is 2.19. The number of nitrogens with two attached hydrogens (primary N) is 1. The summed E-state index contributed by atoms with van der Waals surface area (Å²) in [4.78, 5) is 0. The van der Waals surface area contributed by atoms with Crippen LogP contribution in [-0.2, 0) is 4.74 Å². The second-order valence-electron chi connectivity index (χ2n) is 4.65. The maximum atomic E-state index is 6.26. The lowest BCUT2D eigenvalue weighted by atomic mass is 9.88. The van der Waals surface area contributed by atoms with Gasteiger partial charge in [-0.1, -0.05) is 29.8 Å². The van der Waals surface area contributed by atoms with Gasteiger partial charge in [-0.25, -0.2) is 0 Å². The van der Waals surface area contributed by atoms with Crippen molar-refractivity contribution in [3.63, 3.8) is 0 Å². The van der Waals surface area contributed by atoms with Crippen molar-refractivity contribution < 1.29 is 4.74 Å². The average molecular weight is 205 g/mol. The molecule has 2 nitrogen and oxygen atoms in total. The van der Waals surface area contributed by atoms with E-state index in [-0.39, 0.29) is 11.6 Å². The molecule has 1 heterocycles. The van der Waals surface area contributed by atoms with Gasteiger partial charge in [0.2, 0.25) is 0 Å². The summed E-state index contributed by atoms with van der Waals surface area (Å²) < 4.78 is 5.76. The van der Waals surface area contributed by atoms with Crippen LogP contribution in [0.25, 0.3) is 0 Å². The average Bonchev–Trinajstić information content (AvgIpc) is 2.67. The lowest BCUT2D eigenvalue weighted by Crippen LogP contribution is -2.37. The summed E-state index contributed by atoms with van der Waals surface area (Å²) >= 11 is 0. The van der Waals surface area contributed by atoms with Gasteiger partial charge >= 0.3 is 0 Å². The number of ether oxygens (including phenoxy) is 1. The van der Waals surface area contributed by atoms with E-state index in [0.717, 1.165) is 19.4 Å². The van der Waals surface area contributed by atoms with E-state index in [0.29, 0.717) is 0 Å². The van der Waals surface area contributed by atoms with Crippen molar-refractivity contribution in [2.45, 2.75) is 38.3 Å². The van der Waals surface area contributed by atoms with E-state index < -0.39 is 0 Å². The first-order valence-corrected chi connectivity index (χ1v) is 5.58. The van der Waals surface area contributed by atoms with Crippen molar-refractivity contribution in [2.24, 2.45) is 5.73 Å². The lowest BCUT2D eigenvalue weighted by molar-refractivity contribution is -0.00173. The molecular weight excluding hydrogens is 186 g/mol. The molecule has 1 aromatic rings. The van der Waals surface area contributed by atoms with Gasteiger partial charge < -0.3 is 10.5 Å². The fourth-order valence-corrected chi connectivity index (χ4v) is 2.17. The van der Waals surface area contributed by atoms with Crippen molar-refractivity contribution in [1.82, 2.24) is 0 Å². The summed E-state index contributed by atoms with van der Waals surface area (Å²) in [6, 6.07) is 8.40. The molecule has 0 spiro atoms. The van der Waals surface area contributed by atoms with E-state index in [1.165, 1.54) is 11.1 Å². The summed E-state index contributed by atoms with van der Waals surface area (Å²) in [5.74, 6) is 0. The van der Waals surface area contributed by atoms with E-state index >= 15 is 0 Å². The molecular formula is C13H19NO. The molecule has 2 atom stereocenters. The van der Waals surface area contributed by atoms with Gasteiger partial charge in [-0.3, -0.25) is 0 Å². The highest BCUT2D eigenvalue weighted by atomic mass is 16.5. The van der Waals surface area contributed by atoms with E-state index in [9.17, 15) is 0 Å². The largest absolute Gasteiger partial charge is 0.373 e. The molecule has 0 aliphatic carbocycles. The third kappa shape index (κ3) is 2.06. The molecule has 82 valence electrons. The fraction of sp³-hybridized carbons (Fsp3) is 0.538. The fourth-order valence-electron chi connectivity index (χ4n) is 2.17.